The monoisotopic (exact) mass is 600 g/mol. The van der Waals surface area contributed by atoms with Gasteiger partial charge < -0.3 is 18.9 Å². The minimum Gasteiger partial charge on any atom is -0.458 e. The lowest BCUT2D eigenvalue weighted by Gasteiger charge is -2.42. The van der Waals surface area contributed by atoms with Crippen LogP contribution in [0.5, 0.6) is 23.0 Å². The average Bonchev–Trinajstić information content (AvgIpc) is 3.47. The van der Waals surface area contributed by atoms with E-state index in [1.54, 1.807) is 0 Å². The molecule has 0 atom stereocenters. The summed E-state index contributed by atoms with van der Waals surface area (Å²) in [5.74, 6) is 3.48. The van der Waals surface area contributed by atoms with Crippen molar-refractivity contribution >= 4 is 62.0 Å². The lowest BCUT2D eigenvalue weighted by Crippen LogP contribution is -2.61. The van der Waals surface area contributed by atoms with Crippen molar-refractivity contribution in [3.05, 3.63) is 152 Å². The molecule has 0 aliphatic carbocycles. The molecule has 0 radical (unpaired) electrons. The molecule has 0 saturated heterocycles. The normalized spacial score (nSPS) is 13.4. The van der Waals surface area contributed by atoms with Crippen molar-refractivity contribution in [3.63, 3.8) is 0 Å². The Balaban J connectivity index is 1.17. The molecule has 4 heterocycles. The van der Waals surface area contributed by atoms with Crippen molar-refractivity contribution in [2.45, 2.75) is 0 Å². The molecule has 0 unspecified atom stereocenters. The average molecular weight is 600 g/mol. The Labute approximate surface area is 271 Å². The molecule has 0 bridgehead atoms. The van der Waals surface area contributed by atoms with Crippen LogP contribution in [0.1, 0.15) is 0 Å². The summed E-state index contributed by atoms with van der Waals surface area (Å²) in [7, 11) is 0. The molecule has 0 amide bonds. The van der Waals surface area contributed by atoms with E-state index in [-0.39, 0.29) is 6.71 Å². The number of para-hydroxylation sites is 4. The molecule has 3 aliphatic heterocycles. The molecule has 4 nitrogen and oxygen atoms in total. The smallest absolute Gasteiger partial charge is 0.266 e. The van der Waals surface area contributed by atoms with Crippen molar-refractivity contribution in [2.75, 3.05) is 4.90 Å². The zero-order valence-corrected chi connectivity index (χ0v) is 25.2. The van der Waals surface area contributed by atoms with E-state index in [1.807, 2.05) is 0 Å². The molecule has 7 aromatic carbocycles. The van der Waals surface area contributed by atoms with E-state index in [0.29, 0.717) is 0 Å². The standard InChI is InChI=1S/C42H25BN2O2/c1-3-12-27(13-4-1)44-33-20-10-22-35-39(33)43-40-34(44)21-11-23-36(40)47-38-25-26(24-37(46-35)41(38)43)29-17-9-18-31-30-16-7-8-19-32(30)45(42(29)31)28-14-5-2-6-15-28/h1-25H. The molecule has 218 valence electrons. The molecule has 0 saturated carbocycles. The second-order valence-corrected chi connectivity index (χ2v) is 12.5. The molecule has 5 heteroatoms. The first-order chi connectivity index (χ1) is 23.3. The van der Waals surface area contributed by atoms with Gasteiger partial charge in [-0.1, -0.05) is 84.9 Å². The first-order valence-corrected chi connectivity index (χ1v) is 16.1. The topological polar surface area (TPSA) is 26.6 Å². The van der Waals surface area contributed by atoms with Gasteiger partial charge in [-0.2, -0.15) is 0 Å². The van der Waals surface area contributed by atoms with Crippen LogP contribution in [0.4, 0.5) is 17.1 Å². The number of hydrogen-bond donors (Lipinski definition) is 0. The maximum Gasteiger partial charge on any atom is 0.266 e. The first-order valence-electron chi connectivity index (χ1n) is 16.1. The highest BCUT2D eigenvalue weighted by atomic mass is 16.5. The van der Waals surface area contributed by atoms with Crippen LogP contribution in [0.3, 0.4) is 0 Å². The Hall–Kier alpha value is -6.20. The van der Waals surface area contributed by atoms with Crippen molar-refractivity contribution in [2.24, 2.45) is 0 Å². The summed E-state index contributed by atoms with van der Waals surface area (Å²) in [5, 5.41) is 2.45. The van der Waals surface area contributed by atoms with Crippen LogP contribution < -0.4 is 30.8 Å². The number of anilines is 3. The Bertz CT molecular complexity index is 2510. The number of fused-ring (bicyclic) bond motifs is 3. The van der Waals surface area contributed by atoms with Gasteiger partial charge in [-0.05, 0) is 83.2 Å². The number of hydrogen-bond acceptors (Lipinski definition) is 3. The van der Waals surface area contributed by atoms with Gasteiger partial charge in [0.05, 0.1) is 11.0 Å². The summed E-state index contributed by atoms with van der Waals surface area (Å²) in [5.41, 5.74) is 12.5. The van der Waals surface area contributed by atoms with Crippen LogP contribution in [-0.4, -0.2) is 11.3 Å². The van der Waals surface area contributed by atoms with E-state index in [2.05, 4.69) is 161 Å². The van der Waals surface area contributed by atoms with E-state index < -0.39 is 0 Å². The molecular formula is C42H25BN2O2. The van der Waals surface area contributed by atoms with E-state index in [1.165, 1.54) is 32.7 Å². The van der Waals surface area contributed by atoms with Gasteiger partial charge in [0, 0.05) is 44.5 Å². The molecule has 0 fully saturated rings. The van der Waals surface area contributed by atoms with E-state index in [4.69, 9.17) is 9.47 Å². The lowest BCUT2D eigenvalue weighted by molar-refractivity contribution is 0.464. The zero-order chi connectivity index (χ0) is 30.6. The van der Waals surface area contributed by atoms with Gasteiger partial charge in [0.2, 0.25) is 0 Å². The second kappa shape index (κ2) is 9.18. The Kier molecular flexibility index (Phi) is 4.89. The van der Waals surface area contributed by atoms with Crippen LogP contribution in [0.15, 0.2) is 152 Å². The number of nitrogens with zero attached hydrogens (tertiary/aromatic N) is 2. The van der Waals surface area contributed by atoms with Crippen LogP contribution in [0.2, 0.25) is 0 Å². The van der Waals surface area contributed by atoms with E-state index in [9.17, 15) is 0 Å². The third kappa shape index (κ3) is 3.32. The van der Waals surface area contributed by atoms with Crippen molar-refractivity contribution < 1.29 is 9.47 Å². The van der Waals surface area contributed by atoms with Crippen LogP contribution >= 0.6 is 0 Å². The predicted molar refractivity (Wildman–Crippen MR) is 192 cm³/mol. The van der Waals surface area contributed by atoms with Gasteiger partial charge in [0.15, 0.2) is 0 Å². The van der Waals surface area contributed by atoms with Crippen LogP contribution in [0.25, 0.3) is 38.6 Å². The molecule has 8 aromatic rings. The van der Waals surface area contributed by atoms with E-state index in [0.717, 1.165) is 62.3 Å². The molecule has 3 aliphatic rings. The summed E-state index contributed by atoms with van der Waals surface area (Å²) < 4.78 is 16.1. The lowest BCUT2D eigenvalue weighted by atomic mass is 9.33. The minimum atomic E-state index is 0.0143. The zero-order valence-electron chi connectivity index (χ0n) is 25.2. The highest BCUT2D eigenvalue weighted by molar-refractivity contribution is 7.00. The third-order valence-electron chi connectivity index (χ3n) is 10.0. The van der Waals surface area contributed by atoms with Gasteiger partial charge >= 0.3 is 0 Å². The SMILES string of the molecule is c1ccc(N2c3cccc4c3B3c5c(cc(-c6cccc7c8ccccc8n(-c8ccccc8)c67)cc5Oc5cccc2c53)O4)cc1. The fourth-order valence-electron chi connectivity index (χ4n) is 8.17. The first kappa shape index (κ1) is 25.0. The molecule has 11 rings (SSSR count). The Morgan fingerprint density at radius 1 is 0.447 bits per heavy atom. The summed E-state index contributed by atoms with van der Waals surface area (Å²) in [6, 6.07) is 53.7. The van der Waals surface area contributed by atoms with Gasteiger partial charge in [0.1, 0.15) is 23.0 Å². The van der Waals surface area contributed by atoms with E-state index >= 15 is 0 Å². The summed E-state index contributed by atoms with van der Waals surface area (Å²) in [4.78, 5) is 2.34. The van der Waals surface area contributed by atoms with Crippen molar-refractivity contribution in [3.8, 4) is 39.8 Å². The fourth-order valence-corrected chi connectivity index (χ4v) is 8.17. The van der Waals surface area contributed by atoms with Gasteiger partial charge in [-0.3, -0.25) is 0 Å². The summed E-state index contributed by atoms with van der Waals surface area (Å²) >= 11 is 0. The Morgan fingerprint density at radius 3 is 1.70 bits per heavy atom. The van der Waals surface area contributed by atoms with Crippen molar-refractivity contribution in [1.29, 1.82) is 0 Å². The molecule has 47 heavy (non-hydrogen) atoms. The second-order valence-electron chi connectivity index (χ2n) is 12.5. The number of aromatic nitrogens is 1. The Morgan fingerprint density at radius 2 is 1.02 bits per heavy atom. The predicted octanol–water partition coefficient (Wildman–Crippen LogP) is 8.96. The van der Waals surface area contributed by atoms with Crippen LogP contribution in [0, 0.1) is 0 Å². The molecule has 0 N–H and O–H groups in total. The third-order valence-corrected chi connectivity index (χ3v) is 10.0. The number of rotatable bonds is 3. The number of ether oxygens (including phenoxy) is 2. The van der Waals surface area contributed by atoms with Crippen molar-refractivity contribution in [1.82, 2.24) is 4.57 Å². The molecule has 0 spiro atoms. The number of benzene rings is 7. The summed E-state index contributed by atoms with van der Waals surface area (Å²) in [6.45, 7) is 0.0143. The van der Waals surface area contributed by atoms with Gasteiger partial charge in [-0.25, -0.2) is 0 Å². The molecule has 1 aromatic heterocycles. The van der Waals surface area contributed by atoms with Crippen LogP contribution in [-0.2, 0) is 0 Å². The molecular weight excluding hydrogens is 575 g/mol. The fraction of sp³-hybridized carbons (Fsp3) is 0. The minimum absolute atomic E-state index is 0.0143. The van der Waals surface area contributed by atoms with Gasteiger partial charge in [0.25, 0.3) is 6.71 Å². The van der Waals surface area contributed by atoms with Gasteiger partial charge in [-0.15, -0.1) is 0 Å². The largest absolute Gasteiger partial charge is 0.458 e. The highest BCUT2D eigenvalue weighted by Crippen LogP contribution is 2.47. The summed E-state index contributed by atoms with van der Waals surface area (Å²) in [6.07, 6.45) is 0. The highest BCUT2D eigenvalue weighted by Gasteiger charge is 2.47. The quantitative estimate of drug-likeness (QED) is 0.190. The maximum absolute atomic E-state index is 6.87. The maximum atomic E-state index is 6.87.